The van der Waals surface area contributed by atoms with Crippen molar-refractivity contribution in [3.05, 3.63) is 97.2 Å². The van der Waals surface area contributed by atoms with Crippen LogP contribution in [0.1, 0.15) is 310 Å². The molecule has 0 aromatic rings. The minimum Gasteiger partial charge on any atom is -0.462 e. The van der Waals surface area contributed by atoms with E-state index < -0.39 is 6.10 Å². The number of unbranched alkanes of at least 4 members (excludes halogenated alkanes) is 31. The van der Waals surface area contributed by atoms with E-state index in [9.17, 15) is 14.4 Å². The van der Waals surface area contributed by atoms with Gasteiger partial charge in [-0.25, -0.2) is 0 Å². The Bertz CT molecular complexity index is 1490. The van der Waals surface area contributed by atoms with E-state index in [1.165, 1.54) is 154 Å². The van der Waals surface area contributed by atoms with Gasteiger partial charge in [-0.1, -0.05) is 285 Å². The van der Waals surface area contributed by atoms with E-state index in [-0.39, 0.29) is 31.1 Å². The molecule has 0 aliphatic rings. The van der Waals surface area contributed by atoms with Crippen molar-refractivity contribution in [1.82, 2.24) is 0 Å². The number of carbonyl (C=O) groups excluding carboxylic acids is 3. The smallest absolute Gasteiger partial charge is 0.306 e. The van der Waals surface area contributed by atoms with E-state index in [2.05, 4.69) is 118 Å². The van der Waals surface area contributed by atoms with Gasteiger partial charge in [0.15, 0.2) is 6.10 Å². The summed E-state index contributed by atoms with van der Waals surface area (Å²) in [6.07, 6.45) is 85.8. The third kappa shape index (κ3) is 61.2. The van der Waals surface area contributed by atoms with Gasteiger partial charge in [0.25, 0.3) is 0 Å². The van der Waals surface area contributed by atoms with Gasteiger partial charge in [-0.3, -0.25) is 14.4 Å². The molecule has 0 fully saturated rings. The van der Waals surface area contributed by atoms with Crippen LogP contribution < -0.4 is 0 Å². The molecule has 0 saturated heterocycles. The molecule has 436 valence electrons. The average molecular weight is 1060 g/mol. The van der Waals surface area contributed by atoms with Crippen molar-refractivity contribution in [1.29, 1.82) is 0 Å². The van der Waals surface area contributed by atoms with Crippen LogP contribution >= 0.6 is 0 Å². The standard InChI is InChI=1S/C70H120O6/c1-4-7-10-13-16-19-21-23-25-26-27-28-29-30-31-32-33-34-35-36-37-38-39-40-41-42-43-44-46-47-49-51-54-57-60-63-69(72)75-66-67(65-74-68(71)62-59-56-53-18-15-12-9-6-3)76-70(73)64-61-58-55-52-50-48-45-24-22-20-17-14-11-8-5-2/h7,10,16,19,23-25,27-28,30-31,33-34,36-37,45,67H,4-6,8-9,11-15,17-18,20-22,26,29,32,35,38-44,46-66H2,1-3H3/b10-7-,19-16-,25-23-,28-27-,31-30-,34-33-,37-36-,45-24-. The molecule has 0 radical (unpaired) electrons. The summed E-state index contributed by atoms with van der Waals surface area (Å²) in [6.45, 7) is 6.50. The predicted octanol–water partition coefficient (Wildman–Crippen LogP) is 22.0. The number of esters is 3. The number of rotatable bonds is 58. The van der Waals surface area contributed by atoms with Crippen LogP contribution in [0.3, 0.4) is 0 Å². The number of carbonyl (C=O) groups is 3. The summed E-state index contributed by atoms with van der Waals surface area (Å²) in [4.78, 5) is 38.1. The maximum absolute atomic E-state index is 12.8. The lowest BCUT2D eigenvalue weighted by Crippen LogP contribution is -2.30. The monoisotopic (exact) mass is 1060 g/mol. The van der Waals surface area contributed by atoms with E-state index in [4.69, 9.17) is 14.2 Å². The minimum atomic E-state index is -0.778. The molecule has 1 atom stereocenters. The topological polar surface area (TPSA) is 78.9 Å². The Morgan fingerprint density at radius 3 is 0.816 bits per heavy atom. The second kappa shape index (κ2) is 63.9. The first-order valence-electron chi connectivity index (χ1n) is 32.2. The van der Waals surface area contributed by atoms with Crippen molar-refractivity contribution in [3.63, 3.8) is 0 Å². The third-order valence-corrected chi connectivity index (χ3v) is 13.8. The lowest BCUT2D eigenvalue weighted by Gasteiger charge is -2.18. The van der Waals surface area contributed by atoms with Crippen LogP contribution in [0.2, 0.25) is 0 Å². The Balaban J connectivity index is 4.07. The Morgan fingerprint density at radius 2 is 0.513 bits per heavy atom. The van der Waals surface area contributed by atoms with Crippen LogP contribution in [0.4, 0.5) is 0 Å². The van der Waals surface area contributed by atoms with Crippen molar-refractivity contribution in [3.8, 4) is 0 Å². The first kappa shape index (κ1) is 72.3. The largest absolute Gasteiger partial charge is 0.462 e. The molecule has 0 amide bonds. The maximum Gasteiger partial charge on any atom is 0.306 e. The first-order chi connectivity index (χ1) is 37.5. The van der Waals surface area contributed by atoms with Crippen LogP contribution in [0.25, 0.3) is 0 Å². The summed E-state index contributed by atoms with van der Waals surface area (Å²) in [5.74, 6) is -0.882. The van der Waals surface area contributed by atoms with Crippen molar-refractivity contribution >= 4 is 17.9 Å². The Labute approximate surface area is 470 Å². The van der Waals surface area contributed by atoms with Crippen LogP contribution in [0.15, 0.2) is 97.2 Å². The van der Waals surface area contributed by atoms with Gasteiger partial charge in [0.2, 0.25) is 0 Å². The van der Waals surface area contributed by atoms with Gasteiger partial charge < -0.3 is 14.2 Å². The van der Waals surface area contributed by atoms with Crippen LogP contribution in [0, 0.1) is 0 Å². The predicted molar refractivity (Wildman–Crippen MR) is 330 cm³/mol. The molecule has 0 saturated carbocycles. The number of hydrogen-bond acceptors (Lipinski definition) is 6. The normalized spacial score (nSPS) is 12.7. The Morgan fingerprint density at radius 1 is 0.276 bits per heavy atom. The number of ether oxygens (including phenoxy) is 3. The maximum atomic E-state index is 12.8. The van der Waals surface area contributed by atoms with E-state index in [0.29, 0.717) is 19.3 Å². The third-order valence-electron chi connectivity index (χ3n) is 13.8. The average Bonchev–Trinajstić information content (AvgIpc) is 3.42. The Hall–Kier alpha value is -3.67. The summed E-state index contributed by atoms with van der Waals surface area (Å²) < 4.78 is 16.8. The molecule has 0 bridgehead atoms. The summed E-state index contributed by atoms with van der Waals surface area (Å²) in [5, 5.41) is 0. The highest BCUT2D eigenvalue weighted by Crippen LogP contribution is 2.16. The zero-order valence-electron chi connectivity index (χ0n) is 50.0. The summed E-state index contributed by atoms with van der Waals surface area (Å²) in [5.41, 5.74) is 0. The van der Waals surface area contributed by atoms with Crippen molar-refractivity contribution in [2.24, 2.45) is 0 Å². The highest BCUT2D eigenvalue weighted by atomic mass is 16.6. The van der Waals surface area contributed by atoms with Crippen LogP contribution in [0.5, 0.6) is 0 Å². The van der Waals surface area contributed by atoms with Gasteiger partial charge in [0.05, 0.1) is 0 Å². The Kier molecular flexibility index (Phi) is 60.8. The molecule has 1 unspecified atom stereocenters. The van der Waals surface area contributed by atoms with E-state index >= 15 is 0 Å². The molecule has 0 heterocycles. The van der Waals surface area contributed by atoms with Gasteiger partial charge in [-0.2, -0.15) is 0 Å². The molecule has 0 rings (SSSR count). The fourth-order valence-electron chi connectivity index (χ4n) is 9.01. The highest BCUT2D eigenvalue weighted by molar-refractivity contribution is 5.71. The van der Waals surface area contributed by atoms with Gasteiger partial charge in [0.1, 0.15) is 13.2 Å². The molecule has 6 nitrogen and oxygen atoms in total. The van der Waals surface area contributed by atoms with Crippen molar-refractivity contribution in [2.75, 3.05) is 13.2 Å². The molecular formula is C70H120O6. The lowest BCUT2D eigenvalue weighted by molar-refractivity contribution is -0.167. The number of hydrogen-bond donors (Lipinski definition) is 0. The van der Waals surface area contributed by atoms with Gasteiger partial charge in [0, 0.05) is 19.3 Å². The summed E-state index contributed by atoms with van der Waals surface area (Å²) in [6, 6.07) is 0. The molecule has 0 aromatic heterocycles. The quantitative estimate of drug-likeness (QED) is 0.0261. The minimum absolute atomic E-state index is 0.0770. The molecule has 0 aliphatic carbocycles. The molecule has 76 heavy (non-hydrogen) atoms. The fraction of sp³-hybridized carbons (Fsp3) is 0.729. The van der Waals surface area contributed by atoms with Crippen LogP contribution in [-0.4, -0.2) is 37.2 Å². The molecule has 6 heteroatoms. The molecular weight excluding hydrogens is 937 g/mol. The zero-order valence-corrected chi connectivity index (χ0v) is 50.0. The van der Waals surface area contributed by atoms with Crippen LogP contribution in [-0.2, 0) is 28.6 Å². The van der Waals surface area contributed by atoms with Gasteiger partial charge in [-0.05, 0) is 103 Å². The molecule has 0 N–H and O–H groups in total. The zero-order chi connectivity index (χ0) is 55.0. The van der Waals surface area contributed by atoms with E-state index in [0.717, 1.165) is 116 Å². The highest BCUT2D eigenvalue weighted by Gasteiger charge is 2.19. The SMILES string of the molecule is CC/C=C\C/C=C\C/C=C\C/C=C\C/C=C\C/C=C\C/C=C\CCCCCCCCCCCCCCCC(=O)OCC(COC(=O)CCCCCCCCCC)OC(=O)CCCCCCC/C=C\CCCCCCCC. The summed E-state index contributed by atoms with van der Waals surface area (Å²) >= 11 is 0. The molecule has 0 spiro atoms. The number of allylic oxidation sites excluding steroid dienone is 16. The van der Waals surface area contributed by atoms with E-state index in [1.54, 1.807) is 0 Å². The molecule has 0 aromatic carbocycles. The fourth-order valence-corrected chi connectivity index (χ4v) is 9.01. The van der Waals surface area contributed by atoms with E-state index in [1.807, 2.05) is 0 Å². The van der Waals surface area contributed by atoms with Gasteiger partial charge in [-0.15, -0.1) is 0 Å². The van der Waals surface area contributed by atoms with Crippen molar-refractivity contribution in [2.45, 2.75) is 316 Å². The lowest BCUT2D eigenvalue weighted by atomic mass is 10.0. The molecule has 0 aliphatic heterocycles. The van der Waals surface area contributed by atoms with Gasteiger partial charge >= 0.3 is 17.9 Å². The van der Waals surface area contributed by atoms with Crippen molar-refractivity contribution < 1.29 is 28.6 Å². The second-order valence-corrected chi connectivity index (χ2v) is 21.3. The second-order valence-electron chi connectivity index (χ2n) is 21.3. The first-order valence-corrected chi connectivity index (χ1v) is 32.2. The summed E-state index contributed by atoms with van der Waals surface area (Å²) in [7, 11) is 0.